The number of fused-ring (bicyclic) bond motifs is 3. The van der Waals surface area contributed by atoms with Crippen molar-refractivity contribution >= 4 is 12.1 Å². The summed E-state index contributed by atoms with van der Waals surface area (Å²) >= 11 is 0. The van der Waals surface area contributed by atoms with Gasteiger partial charge in [0.15, 0.2) is 0 Å². The van der Waals surface area contributed by atoms with E-state index >= 15 is 0 Å². The van der Waals surface area contributed by atoms with Crippen LogP contribution in [-0.4, -0.2) is 29.3 Å². The molecule has 30 heavy (non-hydrogen) atoms. The van der Waals surface area contributed by atoms with Gasteiger partial charge in [0.2, 0.25) is 0 Å². The summed E-state index contributed by atoms with van der Waals surface area (Å²) in [5, 5.41) is 12.1. The summed E-state index contributed by atoms with van der Waals surface area (Å²) in [7, 11) is 0. The van der Waals surface area contributed by atoms with E-state index in [9.17, 15) is 23.5 Å². The monoisotopic (exact) mass is 413 g/mol. The second kappa shape index (κ2) is 7.89. The summed E-state index contributed by atoms with van der Waals surface area (Å²) in [6.07, 6.45) is -2.96. The van der Waals surface area contributed by atoms with Crippen LogP contribution < -0.4 is 5.32 Å². The standard InChI is InChI=1S/C23H21F2NO4/c24-20(25)14-9-11-23(12-10-14,21(27)28)26-22(29)30-13-19-17-7-3-1-5-15(17)16-6-2-4-8-18(16)19/h1-8,19H,9-13H2,(H,26,29)(H,27,28). The van der Waals surface area contributed by atoms with Crippen molar-refractivity contribution < 1.29 is 28.2 Å². The molecule has 2 aromatic carbocycles. The number of halogens is 2. The smallest absolute Gasteiger partial charge is 0.408 e. The minimum atomic E-state index is -1.77. The number of carbonyl (C=O) groups is 2. The predicted molar refractivity (Wildman–Crippen MR) is 106 cm³/mol. The first-order valence-corrected chi connectivity index (χ1v) is 9.81. The Morgan fingerprint density at radius 3 is 2.03 bits per heavy atom. The first-order valence-electron chi connectivity index (χ1n) is 9.81. The Kier molecular flexibility index (Phi) is 5.28. The lowest BCUT2D eigenvalue weighted by molar-refractivity contribution is -0.145. The minimum Gasteiger partial charge on any atom is -0.480 e. The number of ether oxygens (including phenoxy) is 1. The first-order chi connectivity index (χ1) is 14.4. The molecule has 0 atom stereocenters. The molecule has 2 aliphatic carbocycles. The highest BCUT2D eigenvalue weighted by atomic mass is 19.3. The lowest BCUT2D eigenvalue weighted by atomic mass is 9.79. The molecule has 156 valence electrons. The van der Waals surface area contributed by atoms with Gasteiger partial charge >= 0.3 is 12.1 Å². The summed E-state index contributed by atoms with van der Waals surface area (Å²) in [4.78, 5) is 24.3. The van der Waals surface area contributed by atoms with E-state index in [2.05, 4.69) is 5.32 Å². The zero-order chi connectivity index (χ0) is 21.3. The molecule has 7 heteroatoms. The lowest BCUT2D eigenvalue weighted by Crippen LogP contribution is -2.56. The second-order valence-corrected chi connectivity index (χ2v) is 7.70. The molecular weight excluding hydrogens is 392 g/mol. The van der Waals surface area contributed by atoms with E-state index in [0.717, 1.165) is 22.3 Å². The van der Waals surface area contributed by atoms with Gasteiger partial charge in [-0.25, -0.2) is 9.59 Å². The summed E-state index contributed by atoms with van der Waals surface area (Å²) in [5.41, 5.74) is 2.62. The molecule has 2 aliphatic rings. The fraction of sp³-hybridized carbons (Fsp3) is 0.304. The number of rotatable bonds is 4. The van der Waals surface area contributed by atoms with Gasteiger partial charge in [-0.3, -0.25) is 0 Å². The maximum Gasteiger partial charge on any atom is 0.408 e. The molecule has 0 unspecified atom stereocenters. The average molecular weight is 413 g/mol. The third-order valence-electron chi connectivity index (χ3n) is 6.07. The van der Waals surface area contributed by atoms with E-state index in [1.165, 1.54) is 0 Å². The van der Waals surface area contributed by atoms with Gasteiger partial charge in [-0.15, -0.1) is 0 Å². The number of carboxylic acid groups (broad SMARTS) is 1. The summed E-state index contributed by atoms with van der Waals surface area (Å²) in [6.45, 7) is 0.0554. The average Bonchev–Trinajstić information content (AvgIpc) is 3.06. The summed E-state index contributed by atoms with van der Waals surface area (Å²) in [5.74, 6) is -1.39. The molecule has 0 heterocycles. The van der Waals surface area contributed by atoms with Crippen molar-refractivity contribution in [2.75, 3.05) is 6.61 Å². The van der Waals surface area contributed by atoms with Crippen molar-refractivity contribution in [3.05, 3.63) is 71.3 Å². The molecule has 0 saturated heterocycles. The van der Waals surface area contributed by atoms with Crippen molar-refractivity contribution in [2.24, 2.45) is 0 Å². The van der Waals surface area contributed by atoms with Crippen LogP contribution in [0.2, 0.25) is 0 Å². The zero-order valence-corrected chi connectivity index (χ0v) is 16.2. The number of hydrogen-bond acceptors (Lipinski definition) is 3. The molecular formula is C23H21F2NO4. The summed E-state index contributed by atoms with van der Waals surface area (Å²) < 4.78 is 31.0. The molecule has 5 nitrogen and oxygen atoms in total. The highest BCUT2D eigenvalue weighted by Gasteiger charge is 2.43. The number of amides is 1. The van der Waals surface area contributed by atoms with Crippen LogP contribution in [0.3, 0.4) is 0 Å². The number of carbonyl (C=O) groups excluding carboxylic acids is 1. The topological polar surface area (TPSA) is 75.6 Å². The highest BCUT2D eigenvalue weighted by Crippen LogP contribution is 2.44. The van der Waals surface area contributed by atoms with E-state index in [1.807, 2.05) is 48.5 Å². The maximum atomic E-state index is 12.8. The number of nitrogens with one attached hydrogen (secondary N) is 1. The van der Waals surface area contributed by atoms with Gasteiger partial charge in [0.1, 0.15) is 12.1 Å². The highest BCUT2D eigenvalue weighted by molar-refractivity contribution is 5.85. The van der Waals surface area contributed by atoms with Gasteiger partial charge in [0, 0.05) is 5.92 Å². The van der Waals surface area contributed by atoms with Crippen molar-refractivity contribution in [1.82, 2.24) is 5.32 Å². The van der Waals surface area contributed by atoms with Crippen LogP contribution in [-0.2, 0) is 9.53 Å². The molecule has 1 fully saturated rings. The summed E-state index contributed by atoms with van der Waals surface area (Å²) in [6, 6.07) is 15.8. The van der Waals surface area contributed by atoms with Crippen LogP contribution in [0.15, 0.2) is 60.2 Å². The molecule has 1 saturated carbocycles. The van der Waals surface area contributed by atoms with Gasteiger partial charge in [0.05, 0.1) is 0 Å². The second-order valence-electron chi connectivity index (χ2n) is 7.70. The Hall–Kier alpha value is -3.22. The quantitative estimate of drug-likeness (QED) is 0.734. The number of carboxylic acids is 1. The van der Waals surface area contributed by atoms with E-state index in [1.54, 1.807) is 0 Å². The molecule has 0 bridgehead atoms. The molecule has 0 spiro atoms. The van der Waals surface area contributed by atoms with Crippen LogP contribution in [0, 0.1) is 0 Å². The number of hydrogen-bond donors (Lipinski definition) is 2. The van der Waals surface area contributed by atoms with Gasteiger partial charge in [-0.1, -0.05) is 48.5 Å². The zero-order valence-electron chi connectivity index (χ0n) is 16.2. The number of alkyl carbamates (subject to hydrolysis) is 1. The number of benzene rings is 2. The van der Waals surface area contributed by atoms with Gasteiger partial charge in [-0.05, 0) is 53.5 Å². The van der Waals surface area contributed by atoms with E-state index < -0.39 is 23.7 Å². The molecule has 4 rings (SSSR count). The van der Waals surface area contributed by atoms with Crippen molar-refractivity contribution in [1.29, 1.82) is 0 Å². The van der Waals surface area contributed by atoms with Crippen LogP contribution >= 0.6 is 0 Å². The molecule has 0 aliphatic heterocycles. The Morgan fingerprint density at radius 1 is 1.00 bits per heavy atom. The number of allylic oxidation sites excluding steroid dienone is 1. The SMILES string of the molecule is O=C(NC1(C(=O)O)CCC(=C(F)F)CC1)OCC1c2ccccc2-c2ccccc21. The molecule has 0 aromatic heterocycles. The lowest BCUT2D eigenvalue weighted by Gasteiger charge is -2.34. The van der Waals surface area contributed by atoms with E-state index in [0.29, 0.717) is 0 Å². The van der Waals surface area contributed by atoms with Crippen molar-refractivity contribution in [3.8, 4) is 11.1 Å². The Bertz CT molecular complexity index is 974. The van der Waals surface area contributed by atoms with Gasteiger partial charge in [-0.2, -0.15) is 8.78 Å². The maximum absolute atomic E-state index is 12.8. The Balaban J connectivity index is 1.46. The fourth-order valence-electron chi connectivity index (χ4n) is 4.39. The third kappa shape index (κ3) is 3.56. The normalized spacial score (nSPS) is 20.3. The Morgan fingerprint density at radius 2 is 1.53 bits per heavy atom. The van der Waals surface area contributed by atoms with Crippen LogP contribution in [0.5, 0.6) is 0 Å². The fourth-order valence-corrected chi connectivity index (χ4v) is 4.39. The molecule has 0 radical (unpaired) electrons. The van der Waals surface area contributed by atoms with Crippen LogP contribution in [0.4, 0.5) is 13.6 Å². The minimum absolute atomic E-state index is 0.0544. The largest absolute Gasteiger partial charge is 0.480 e. The van der Waals surface area contributed by atoms with Gasteiger partial charge in [0.25, 0.3) is 6.08 Å². The van der Waals surface area contributed by atoms with Crippen LogP contribution in [0.1, 0.15) is 42.7 Å². The number of aliphatic carboxylic acids is 1. The predicted octanol–water partition coefficient (Wildman–Crippen LogP) is 5.07. The third-order valence-corrected chi connectivity index (χ3v) is 6.07. The molecule has 2 aromatic rings. The first kappa shape index (κ1) is 20.1. The van der Waals surface area contributed by atoms with Crippen molar-refractivity contribution in [2.45, 2.75) is 37.1 Å². The Labute approximate surface area is 172 Å². The molecule has 1 amide bonds. The van der Waals surface area contributed by atoms with Gasteiger partial charge < -0.3 is 15.2 Å². The molecule has 2 N–H and O–H groups in total. The van der Waals surface area contributed by atoms with Crippen molar-refractivity contribution in [3.63, 3.8) is 0 Å². The van der Waals surface area contributed by atoms with E-state index in [4.69, 9.17) is 4.74 Å². The van der Waals surface area contributed by atoms with E-state index in [-0.39, 0.29) is 43.8 Å². The van der Waals surface area contributed by atoms with Crippen LogP contribution in [0.25, 0.3) is 11.1 Å².